The molecule has 0 bridgehead atoms. The van der Waals surface area contributed by atoms with Gasteiger partial charge in [-0.3, -0.25) is 0 Å². The molecule has 6 N–H and O–H groups in total. The molecule has 0 atom stereocenters. The summed E-state index contributed by atoms with van der Waals surface area (Å²) in [6, 6.07) is 6.00. The second kappa shape index (κ2) is 4.95. The minimum atomic E-state index is -0.0914. The second-order valence-electron chi connectivity index (χ2n) is 4.34. The summed E-state index contributed by atoms with van der Waals surface area (Å²) in [6.07, 6.45) is 2.29. The molecule has 0 saturated carbocycles. The molecular formula is C12H18N6. The summed E-state index contributed by atoms with van der Waals surface area (Å²) in [6.45, 7) is 1.06. The van der Waals surface area contributed by atoms with E-state index in [0.29, 0.717) is 0 Å². The zero-order valence-corrected chi connectivity index (χ0v) is 10.4. The van der Waals surface area contributed by atoms with Gasteiger partial charge in [0.15, 0.2) is 5.96 Å². The lowest BCUT2D eigenvalue weighted by atomic mass is 10.0. The van der Waals surface area contributed by atoms with Crippen LogP contribution in [0.25, 0.3) is 0 Å². The van der Waals surface area contributed by atoms with Gasteiger partial charge >= 0.3 is 0 Å². The number of hydrogen-bond donors (Lipinski definition) is 3. The van der Waals surface area contributed by atoms with E-state index in [1.54, 1.807) is 0 Å². The Labute approximate surface area is 106 Å². The second-order valence-corrected chi connectivity index (χ2v) is 4.34. The van der Waals surface area contributed by atoms with E-state index in [1.165, 1.54) is 17.7 Å². The maximum atomic E-state index is 5.61. The van der Waals surface area contributed by atoms with Crippen LogP contribution in [0.4, 0.5) is 11.4 Å². The van der Waals surface area contributed by atoms with Crippen LogP contribution in [-0.2, 0) is 6.42 Å². The van der Waals surface area contributed by atoms with Gasteiger partial charge in [0, 0.05) is 19.3 Å². The molecule has 6 nitrogen and oxygen atoms in total. The Morgan fingerprint density at radius 1 is 1.28 bits per heavy atom. The van der Waals surface area contributed by atoms with Crippen LogP contribution in [0, 0.1) is 0 Å². The highest BCUT2D eigenvalue weighted by atomic mass is 15.1. The first kappa shape index (κ1) is 12.2. The molecule has 0 fully saturated rings. The molecule has 96 valence electrons. The lowest BCUT2D eigenvalue weighted by Crippen LogP contribution is -2.26. The van der Waals surface area contributed by atoms with Crippen molar-refractivity contribution in [1.82, 2.24) is 0 Å². The highest BCUT2D eigenvalue weighted by Crippen LogP contribution is 2.29. The van der Waals surface area contributed by atoms with Crippen molar-refractivity contribution in [2.24, 2.45) is 27.2 Å². The van der Waals surface area contributed by atoms with Gasteiger partial charge in [0.25, 0.3) is 0 Å². The van der Waals surface area contributed by atoms with Crippen molar-refractivity contribution >= 4 is 23.3 Å². The molecule has 2 rings (SSSR count). The smallest absolute Gasteiger partial charge is 0.223 e. The number of guanidine groups is 2. The Balaban J connectivity index is 2.31. The summed E-state index contributed by atoms with van der Waals surface area (Å²) in [5.74, 6) is -0.0280. The Bertz CT molecular complexity index is 501. The van der Waals surface area contributed by atoms with Crippen LogP contribution in [0.5, 0.6) is 0 Å². The number of fused-ring (bicyclic) bond motifs is 1. The van der Waals surface area contributed by atoms with Gasteiger partial charge in [0.1, 0.15) is 0 Å². The third kappa shape index (κ3) is 2.71. The monoisotopic (exact) mass is 246 g/mol. The van der Waals surface area contributed by atoms with E-state index >= 15 is 0 Å². The lowest BCUT2D eigenvalue weighted by Gasteiger charge is -2.27. The van der Waals surface area contributed by atoms with Gasteiger partial charge in [-0.15, -0.1) is 0 Å². The van der Waals surface area contributed by atoms with Gasteiger partial charge in [-0.25, -0.2) is 4.99 Å². The Morgan fingerprint density at radius 2 is 2.06 bits per heavy atom. The number of aryl methyl sites for hydroxylation is 1. The summed E-state index contributed by atoms with van der Waals surface area (Å²) >= 11 is 0. The van der Waals surface area contributed by atoms with Crippen molar-refractivity contribution in [3.63, 3.8) is 0 Å². The van der Waals surface area contributed by atoms with E-state index < -0.39 is 0 Å². The molecule has 0 aliphatic carbocycles. The van der Waals surface area contributed by atoms with Crippen molar-refractivity contribution in [2.45, 2.75) is 12.8 Å². The lowest BCUT2D eigenvalue weighted by molar-refractivity contribution is 0.744. The molecule has 1 aromatic rings. The number of nitrogens with zero attached hydrogens (tertiary/aromatic N) is 3. The summed E-state index contributed by atoms with van der Waals surface area (Å²) in [5.41, 5.74) is 19.4. The van der Waals surface area contributed by atoms with Crippen LogP contribution >= 0.6 is 0 Å². The summed E-state index contributed by atoms with van der Waals surface area (Å²) < 4.78 is 0. The Kier molecular flexibility index (Phi) is 3.36. The van der Waals surface area contributed by atoms with Crippen LogP contribution in [0.15, 0.2) is 28.2 Å². The average molecular weight is 246 g/mol. The maximum Gasteiger partial charge on any atom is 0.223 e. The average Bonchev–Trinajstić information content (AvgIpc) is 2.29. The molecule has 1 heterocycles. The molecule has 0 unspecified atom stereocenters. The van der Waals surface area contributed by atoms with Gasteiger partial charge in [0.05, 0.1) is 5.69 Å². The predicted molar refractivity (Wildman–Crippen MR) is 75.1 cm³/mol. The van der Waals surface area contributed by atoms with E-state index in [-0.39, 0.29) is 11.9 Å². The molecule has 0 radical (unpaired) electrons. The van der Waals surface area contributed by atoms with E-state index in [0.717, 1.165) is 18.7 Å². The maximum absolute atomic E-state index is 5.61. The molecule has 1 aliphatic rings. The third-order valence-electron chi connectivity index (χ3n) is 2.91. The fraction of sp³-hybridized carbons (Fsp3) is 0.333. The van der Waals surface area contributed by atoms with E-state index in [1.807, 2.05) is 12.1 Å². The summed E-state index contributed by atoms with van der Waals surface area (Å²) in [4.78, 5) is 10.1. The number of aliphatic imine (C=N–C) groups is 2. The van der Waals surface area contributed by atoms with Crippen molar-refractivity contribution in [3.05, 3.63) is 23.8 Å². The normalized spacial score (nSPS) is 15.2. The van der Waals surface area contributed by atoms with Gasteiger partial charge in [-0.05, 0) is 30.5 Å². The standard InChI is InChI=1S/C12H18N6/c1-18-6-2-3-8-4-5-9(7-10(8)18)16-12(15)17-11(13)14/h4-5,7H,2-3,6H2,1H3,(H6,13,14,15,16,17). The molecule has 0 aromatic heterocycles. The first-order valence-corrected chi connectivity index (χ1v) is 5.84. The molecule has 0 amide bonds. The van der Waals surface area contributed by atoms with Gasteiger partial charge < -0.3 is 22.1 Å². The minimum Gasteiger partial charge on any atom is -0.374 e. The van der Waals surface area contributed by atoms with Gasteiger partial charge in [0.2, 0.25) is 5.96 Å². The first-order valence-electron chi connectivity index (χ1n) is 5.84. The van der Waals surface area contributed by atoms with E-state index in [4.69, 9.17) is 17.2 Å². The molecule has 0 saturated heterocycles. The van der Waals surface area contributed by atoms with Crippen LogP contribution in [0.1, 0.15) is 12.0 Å². The fourth-order valence-electron chi connectivity index (χ4n) is 2.11. The van der Waals surface area contributed by atoms with Crippen molar-refractivity contribution in [3.8, 4) is 0 Å². The van der Waals surface area contributed by atoms with Crippen molar-refractivity contribution in [1.29, 1.82) is 0 Å². The molecule has 18 heavy (non-hydrogen) atoms. The predicted octanol–water partition coefficient (Wildman–Crippen LogP) is 0.289. The quantitative estimate of drug-likeness (QED) is 0.489. The molecule has 6 heteroatoms. The SMILES string of the molecule is CN1CCCc2ccc(N=C(N)N=C(N)N)cc21. The van der Waals surface area contributed by atoms with E-state index in [9.17, 15) is 0 Å². The number of rotatable bonds is 1. The minimum absolute atomic E-state index is 0.0633. The van der Waals surface area contributed by atoms with Crippen LogP contribution in [-0.4, -0.2) is 25.5 Å². The van der Waals surface area contributed by atoms with Crippen molar-refractivity contribution < 1.29 is 0 Å². The van der Waals surface area contributed by atoms with E-state index in [2.05, 4.69) is 28.0 Å². The number of nitrogens with two attached hydrogens (primary N) is 3. The fourth-order valence-corrected chi connectivity index (χ4v) is 2.11. The molecule has 1 aromatic carbocycles. The van der Waals surface area contributed by atoms with Crippen molar-refractivity contribution in [2.75, 3.05) is 18.5 Å². The zero-order valence-electron chi connectivity index (χ0n) is 10.4. The first-order chi connectivity index (χ1) is 8.56. The van der Waals surface area contributed by atoms with Crippen LogP contribution in [0.3, 0.4) is 0 Å². The number of hydrogen-bond acceptors (Lipinski definition) is 2. The molecule has 0 spiro atoms. The highest BCUT2D eigenvalue weighted by molar-refractivity contribution is 5.93. The zero-order chi connectivity index (χ0) is 13.1. The van der Waals surface area contributed by atoms with Gasteiger partial charge in [-0.1, -0.05) is 6.07 Å². The van der Waals surface area contributed by atoms with Crippen LogP contribution in [0.2, 0.25) is 0 Å². The topological polar surface area (TPSA) is 106 Å². The largest absolute Gasteiger partial charge is 0.374 e. The number of anilines is 1. The third-order valence-corrected chi connectivity index (χ3v) is 2.91. The summed E-state index contributed by atoms with van der Waals surface area (Å²) in [5, 5.41) is 0. The molecular weight excluding hydrogens is 228 g/mol. The number of benzene rings is 1. The van der Waals surface area contributed by atoms with Gasteiger partial charge in [-0.2, -0.15) is 4.99 Å². The Hall–Kier alpha value is -2.24. The highest BCUT2D eigenvalue weighted by Gasteiger charge is 2.13. The van der Waals surface area contributed by atoms with Crippen LogP contribution < -0.4 is 22.1 Å². The Morgan fingerprint density at radius 3 is 2.78 bits per heavy atom. The summed E-state index contributed by atoms with van der Waals surface area (Å²) in [7, 11) is 2.07. The molecule has 1 aliphatic heterocycles.